The van der Waals surface area contributed by atoms with Crippen LogP contribution in [0.1, 0.15) is 35.9 Å². The molecule has 2 heterocycles. The Bertz CT molecular complexity index is 1090. The maximum absolute atomic E-state index is 13.7. The lowest BCUT2D eigenvalue weighted by Gasteiger charge is -2.30. The number of amidine groups is 1. The van der Waals surface area contributed by atoms with Crippen LogP contribution < -0.4 is 5.32 Å². The van der Waals surface area contributed by atoms with Gasteiger partial charge in [0, 0.05) is 33.8 Å². The first-order valence-electron chi connectivity index (χ1n) is 9.63. The van der Waals surface area contributed by atoms with Crippen molar-refractivity contribution in [3.05, 3.63) is 62.5 Å². The van der Waals surface area contributed by atoms with Crippen LogP contribution in [0.25, 0.3) is 0 Å². The second-order valence-corrected chi connectivity index (χ2v) is 8.67. The Kier molecular flexibility index (Phi) is 6.06. The summed E-state index contributed by atoms with van der Waals surface area (Å²) < 4.78 is 18.7. The van der Waals surface area contributed by atoms with Crippen LogP contribution in [0.3, 0.4) is 0 Å². The number of hydrogen-bond donors (Lipinski definition) is 2. The van der Waals surface area contributed by atoms with Crippen LogP contribution >= 0.6 is 22.9 Å². The topological polar surface area (TPSA) is 101 Å². The number of methoxy groups -OCH3 is 1. The predicted molar refractivity (Wildman–Crippen MR) is 113 cm³/mol. The number of halogens is 2. The molecular formula is C21H19ClFN3O4S. The smallest absolute Gasteiger partial charge is 0.338 e. The number of esters is 1. The molecule has 0 spiro atoms. The molecule has 0 amide bonds. The molecule has 7 nitrogen and oxygen atoms in total. The van der Waals surface area contributed by atoms with E-state index in [1.807, 2.05) is 0 Å². The normalized spacial score (nSPS) is 23.3. The number of nitrogens with one attached hydrogen (secondary N) is 1. The van der Waals surface area contributed by atoms with Gasteiger partial charge in [-0.1, -0.05) is 17.7 Å². The summed E-state index contributed by atoms with van der Waals surface area (Å²) in [6, 6.07) is 3.07. The van der Waals surface area contributed by atoms with Crippen molar-refractivity contribution in [3.8, 4) is 0 Å². The highest BCUT2D eigenvalue weighted by molar-refractivity contribution is 7.11. The first-order chi connectivity index (χ1) is 14.9. The molecule has 162 valence electrons. The van der Waals surface area contributed by atoms with Crippen molar-refractivity contribution in [2.75, 3.05) is 7.11 Å². The number of carbonyl (C=O) groups excluding carboxylic acids is 1. The summed E-state index contributed by atoms with van der Waals surface area (Å²) in [5.41, 5.74) is 1.25. The molecule has 4 rings (SSSR count). The lowest BCUT2D eigenvalue weighted by atomic mass is 9.89. The van der Waals surface area contributed by atoms with Crippen LogP contribution in [0.15, 0.2) is 46.0 Å². The Hall–Kier alpha value is -2.78. The van der Waals surface area contributed by atoms with E-state index in [4.69, 9.17) is 16.3 Å². The van der Waals surface area contributed by atoms with E-state index in [9.17, 15) is 19.1 Å². The van der Waals surface area contributed by atoms with Crippen molar-refractivity contribution in [3.63, 3.8) is 0 Å². The van der Waals surface area contributed by atoms with Crippen molar-refractivity contribution in [2.24, 2.45) is 16.8 Å². The number of thiazole rings is 1. The molecule has 3 atom stereocenters. The van der Waals surface area contributed by atoms with Gasteiger partial charge in [-0.15, -0.1) is 11.3 Å². The van der Waals surface area contributed by atoms with Gasteiger partial charge in [-0.05, 0) is 31.4 Å². The number of ether oxygens (including phenoxy) is 1. The molecular weight excluding hydrogens is 445 g/mol. The van der Waals surface area contributed by atoms with Crippen LogP contribution in [-0.4, -0.2) is 35.0 Å². The standard InChI is InChI=1S/C21H19ClFN3O4S/c1-30-21(29)15-16(10-2-3-11(8-10)20(27)28)25-18(19-24-6-7-31-19)26-17(15)13-5-4-12(23)9-14(13)22/h4-7,9-11,17H,2-3,8H2,1H3,(H,25,26)(H,27,28). The number of hydrogen-bond acceptors (Lipinski definition) is 7. The zero-order chi connectivity index (χ0) is 22.1. The molecule has 1 aliphatic heterocycles. The molecule has 2 aromatic rings. The molecule has 2 N–H and O–H groups in total. The van der Waals surface area contributed by atoms with E-state index in [1.54, 1.807) is 11.6 Å². The third-order valence-corrected chi connectivity index (χ3v) is 6.67. The Morgan fingerprint density at radius 1 is 1.35 bits per heavy atom. The largest absolute Gasteiger partial charge is 0.481 e. The van der Waals surface area contributed by atoms with Gasteiger partial charge in [-0.2, -0.15) is 0 Å². The Morgan fingerprint density at radius 2 is 2.16 bits per heavy atom. The molecule has 1 aliphatic carbocycles. The van der Waals surface area contributed by atoms with Crippen LogP contribution in [0.5, 0.6) is 0 Å². The second-order valence-electron chi connectivity index (χ2n) is 7.37. The molecule has 1 aromatic carbocycles. The first kappa shape index (κ1) is 21.5. The van der Waals surface area contributed by atoms with Crippen molar-refractivity contribution in [1.82, 2.24) is 10.3 Å². The monoisotopic (exact) mass is 463 g/mol. The van der Waals surface area contributed by atoms with Gasteiger partial charge in [-0.25, -0.2) is 14.2 Å². The fourth-order valence-electron chi connectivity index (χ4n) is 4.09. The minimum absolute atomic E-state index is 0.129. The Morgan fingerprint density at radius 3 is 2.77 bits per heavy atom. The van der Waals surface area contributed by atoms with Crippen LogP contribution in [0.2, 0.25) is 5.02 Å². The van der Waals surface area contributed by atoms with Gasteiger partial charge in [0.25, 0.3) is 0 Å². The number of aliphatic carboxylic acids is 1. The minimum Gasteiger partial charge on any atom is -0.481 e. The van der Waals surface area contributed by atoms with Crippen LogP contribution in [-0.2, 0) is 14.3 Å². The van der Waals surface area contributed by atoms with Gasteiger partial charge >= 0.3 is 11.9 Å². The van der Waals surface area contributed by atoms with Gasteiger partial charge < -0.3 is 15.2 Å². The summed E-state index contributed by atoms with van der Waals surface area (Å²) in [5, 5.41) is 15.2. The number of rotatable bonds is 5. The van der Waals surface area contributed by atoms with Crippen molar-refractivity contribution < 1.29 is 23.8 Å². The first-order valence-corrected chi connectivity index (χ1v) is 10.9. The average Bonchev–Trinajstić information content (AvgIpc) is 3.44. The van der Waals surface area contributed by atoms with E-state index < -0.39 is 29.7 Å². The summed E-state index contributed by atoms with van der Waals surface area (Å²) in [6.45, 7) is 0. The number of carboxylic acid groups (broad SMARTS) is 1. The number of benzene rings is 1. The van der Waals surface area contributed by atoms with Gasteiger partial charge in [-0.3, -0.25) is 9.79 Å². The third kappa shape index (κ3) is 4.20. The van der Waals surface area contributed by atoms with Gasteiger partial charge in [0.05, 0.1) is 18.6 Å². The highest BCUT2D eigenvalue weighted by Crippen LogP contribution is 2.43. The number of aliphatic imine (C=N–C) groups is 1. The molecule has 1 saturated carbocycles. The molecule has 10 heteroatoms. The van der Waals surface area contributed by atoms with E-state index >= 15 is 0 Å². The number of allylic oxidation sites excluding steroid dienone is 1. The average molecular weight is 464 g/mol. The van der Waals surface area contributed by atoms with Crippen molar-refractivity contribution in [1.29, 1.82) is 0 Å². The SMILES string of the molecule is COC(=O)C1=C(C2CCC(C(=O)O)C2)NC(c2nccs2)=NC1c1ccc(F)cc1Cl. The van der Waals surface area contributed by atoms with Gasteiger partial charge in [0.1, 0.15) is 11.9 Å². The van der Waals surface area contributed by atoms with Gasteiger partial charge in [0.2, 0.25) is 0 Å². The second kappa shape index (κ2) is 8.76. The Balaban J connectivity index is 1.86. The lowest BCUT2D eigenvalue weighted by molar-refractivity contribution is -0.141. The van der Waals surface area contributed by atoms with E-state index in [0.717, 1.165) is 0 Å². The van der Waals surface area contributed by atoms with Crippen LogP contribution in [0.4, 0.5) is 4.39 Å². The van der Waals surface area contributed by atoms with Crippen LogP contribution in [0, 0.1) is 17.7 Å². The van der Waals surface area contributed by atoms with E-state index in [2.05, 4.69) is 15.3 Å². The molecule has 2 aliphatic rings. The summed E-state index contributed by atoms with van der Waals surface area (Å²) >= 11 is 7.69. The summed E-state index contributed by atoms with van der Waals surface area (Å²) in [4.78, 5) is 33.4. The third-order valence-electron chi connectivity index (χ3n) is 5.56. The highest BCUT2D eigenvalue weighted by atomic mass is 35.5. The fraction of sp³-hybridized carbons (Fsp3) is 0.333. The molecule has 31 heavy (non-hydrogen) atoms. The zero-order valence-electron chi connectivity index (χ0n) is 16.5. The van der Waals surface area contributed by atoms with E-state index in [-0.39, 0.29) is 16.5 Å². The summed E-state index contributed by atoms with van der Waals surface area (Å²) in [7, 11) is 1.27. The molecule has 0 bridgehead atoms. The Labute approximate surface area is 186 Å². The molecule has 0 radical (unpaired) electrons. The molecule has 1 fully saturated rings. The quantitative estimate of drug-likeness (QED) is 0.651. The fourth-order valence-corrected chi connectivity index (χ4v) is 4.95. The number of aromatic nitrogens is 1. The van der Waals surface area contributed by atoms with E-state index in [1.165, 1.54) is 36.6 Å². The van der Waals surface area contributed by atoms with Crippen molar-refractivity contribution >= 4 is 40.7 Å². The number of nitrogens with zero attached hydrogens (tertiary/aromatic N) is 2. The lowest BCUT2D eigenvalue weighted by Crippen LogP contribution is -2.36. The van der Waals surface area contributed by atoms with Gasteiger partial charge in [0.15, 0.2) is 10.8 Å². The number of carboxylic acids is 1. The molecule has 0 saturated heterocycles. The van der Waals surface area contributed by atoms with Crippen molar-refractivity contribution in [2.45, 2.75) is 25.3 Å². The summed E-state index contributed by atoms with van der Waals surface area (Å²) in [5.74, 6) is -2.22. The number of carbonyl (C=O) groups is 2. The van der Waals surface area contributed by atoms with E-state index in [0.29, 0.717) is 41.4 Å². The minimum atomic E-state index is -0.856. The molecule has 3 unspecified atom stereocenters. The highest BCUT2D eigenvalue weighted by Gasteiger charge is 2.40. The maximum atomic E-state index is 13.7. The predicted octanol–water partition coefficient (Wildman–Crippen LogP) is 3.95. The summed E-state index contributed by atoms with van der Waals surface area (Å²) in [6.07, 6.45) is 3.12. The molecule has 1 aromatic heterocycles. The maximum Gasteiger partial charge on any atom is 0.338 e. The zero-order valence-corrected chi connectivity index (χ0v) is 18.0.